The van der Waals surface area contributed by atoms with Gasteiger partial charge < -0.3 is 15.4 Å². The molecule has 1 unspecified atom stereocenters. The lowest BCUT2D eigenvalue weighted by Gasteiger charge is -2.39. The second kappa shape index (κ2) is 6.90. The molecule has 1 saturated carbocycles. The van der Waals surface area contributed by atoms with Gasteiger partial charge in [0.15, 0.2) is 0 Å². The van der Waals surface area contributed by atoms with Gasteiger partial charge in [-0.2, -0.15) is 0 Å². The van der Waals surface area contributed by atoms with E-state index >= 15 is 0 Å². The van der Waals surface area contributed by atoms with Gasteiger partial charge in [-0.1, -0.05) is 12.8 Å². The van der Waals surface area contributed by atoms with Crippen LogP contribution < -0.4 is 5.73 Å². The molecular formula is C16H30N2O2. The fourth-order valence-corrected chi connectivity index (χ4v) is 3.88. The van der Waals surface area contributed by atoms with Crippen molar-refractivity contribution in [3.63, 3.8) is 0 Å². The first-order valence-corrected chi connectivity index (χ1v) is 8.13. The Balaban J connectivity index is 1.95. The molecule has 4 heteroatoms. The molecule has 20 heavy (non-hydrogen) atoms. The number of hydrogen-bond donors (Lipinski definition) is 1. The van der Waals surface area contributed by atoms with Crippen molar-refractivity contribution in [3.8, 4) is 0 Å². The SMILES string of the molecule is COCCC1(C(=O)N2CCC(C(C)N)CC2)CCCC1. The summed E-state index contributed by atoms with van der Waals surface area (Å²) >= 11 is 0. The molecule has 0 aromatic carbocycles. The quantitative estimate of drug-likeness (QED) is 0.841. The maximum Gasteiger partial charge on any atom is 0.228 e. The van der Waals surface area contributed by atoms with Crippen molar-refractivity contribution in [3.05, 3.63) is 0 Å². The van der Waals surface area contributed by atoms with Gasteiger partial charge in [0.25, 0.3) is 0 Å². The van der Waals surface area contributed by atoms with E-state index in [1.165, 1.54) is 12.8 Å². The van der Waals surface area contributed by atoms with E-state index in [9.17, 15) is 4.79 Å². The van der Waals surface area contributed by atoms with Gasteiger partial charge in [0, 0.05) is 32.8 Å². The summed E-state index contributed by atoms with van der Waals surface area (Å²) in [5, 5.41) is 0. The van der Waals surface area contributed by atoms with Crippen LogP contribution in [-0.4, -0.2) is 43.7 Å². The molecule has 116 valence electrons. The Morgan fingerprint density at radius 2 is 1.95 bits per heavy atom. The highest BCUT2D eigenvalue weighted by Gasteiger charge is 2.43. The maximum atomic E-state index is 12.9. The summed E-state index contributed by atoms with van der Waals surface area (Å²) in [6.45, 7) is 4.56. The minimum atomic E-state index is -0.128. The van der Waals surface area contributed by atoms with Crippen LogP contribution in [0, 0.1) is 11.3 Å². The van der Waals surface area contributed by atoms with Gasteiger partial charge in [-0.15, -0.1) is 0 Å². The number of hydrogen-bond acceptors (Lipinski definition) is 3. The lowest BCUT2D eigenvalue weighted by atomic mass is 9.80. The van der Waals surface area contributed by atoms with Crippen molar-refractivity contribution >= 4 is 5.91 Å². The number of nitrogens with two attached hydrogens (primary N) is 1. The van der Waals surface area contributed by atoms with Crippen molar-refractivity contribution < 1.29 is 9.53 Å². The van der Waals surface area contributed by atoms with Crippen LogP contribution in [0.3, 0.4) is 0 Å². The third kappa shape index (κ3) is 3.34. The van der Waals surface area contributed by atoms with Crippen molar-refractivity contribution in [2.24, 2.45) is 17.1 Å². The molecule has 2 rings (SSSR count). The average Bonchev–Trinajstić information content (AvgIpc) is 2.94. The second-order valence-corrected chi connectivity index (χ2v) is 6.72. The summed E-state index contributed by atoms with van der Waals surface area (Å²) in [6.07, 6.45) is 7.46. The van der Waals surface area contributed by atoms with Crippen LogP contribution in [0.2, 0.25) is 0 Å². The van der Waals surface area contributed by atoms with Crippen molar-refractivity contribution in [1.29, 1.82) is 0 Å². The van der Waals surface area contributed by atoms with Gasteiger partial charge in [0.2, 0.25) is 5.91 Å². The van der Waals surface area contributed by atoms with E-state index < -0.39 is 0 Å². The zero-order valence-corrected chi connectivity index (χ0v) is 13.1. The Morgan fingerprint density at radius 3 is 2.45 bits per heavy atom. The molecule has 0 bridgehead atoms. The zero-order valence-electron chi connectivity index (χ0n) is 13.1. The molecule has 0 aromatic heterocycles. The summed E-state index contributed by atoms with van der Waals surface area (Å²) in [7, 11) is 1.72. The van der Waals surface area contributed by atoms with Gasteiger partial charge in [0.05, 0.1) is 5.41 Å². The molecule has 2 fully saturated rings. The highest BCUT2D eigenvalue weighted by molar-refractivity contribution is 5.83. The van der Waals surface area contributed by atoms with E-state index in [0.29, 0.717) is 18.4 Å². The number of likely N-dealkylation sites (tertiary alicyclic amines) is 1. The number of piperidine rings is 1. The minimum absolute atomic E-state index is 0.128. The molecule has 2 N–H and O–H groups in total. The third-order valence-corrected chi connectivity index (χ3v) is 5.37. The first-order valence-electron chi connectivity index (χ1n) is 8.13. The van der Waals surface area contributed by atoms with Crippen molar-refractivity contribution in [2.45, 2.75) is 57.9 Å². The first-order chi connectivity index (χ1) is 9.59. The number of carbonyl (C=O) groups is 1. The van der Waals surface area contributed by atoms with Crippen LogP contribution in [0.5, 0.6) is 0 Å². The van der Waals surface area contributed by atoms with Gasteiger partial charge in [0.1, 0.15) is 0 Å². The first kappa shape index (κ1) is 15.8. The van der Waals surface area contributed by atoms with Crippen LogP contribution in [0.4, 0.5) is 0 Å². The normalized spacial score (nSPS) is 24.9. The number of methoxy groups -OCH3 is 1. The van der Waals surface area contributed by atoms with E-state index in [2.05, 4.69) is 11.8 Å². The second-order valence-electron chi connectivity index (χ2n) is 6.72. The van der Waals surface area contributed by atoms with Crippen molar-refractivity contribution in [2.75, 3.05) is 26.8 Å². The number of amides is 1. The highest BCUT2D eigenvalue weighted by atomic mass is 16.5. The molecule has 1 aliphatic carbocycles. The van der Waals surface area contributed by atoms with Crippen LogP contribution in [-0.2, 0) is 9.53 Å². The summed E-state index contributed by atoms with van der Waals surface area (Å²) in [6, 6.07) is 0.251. The smallest absolute Gasteiger partial charge is 0.228 e. The molecule has 2 aliphatic rings. The molecule has 0 spiro atoms. The van der Waals surface area contributed by atoms with E-state index in [4.69, 9.17) is 10.5 Å². The third-order valence-electron chi connectivity index (χ3n) is 5.37. The molecule has 0 radical (unpaired) electrons. The van der Waals surface area contributed by atoms with E-state index in [1.54, 1.807) is 7.11 Å². The van der Waals surface area contributed by atoms with Gasteiger partial charge in [-0.3, -0.25) is 4.79 Å². The minimum Gasteiger partial charge on any atom is -0.385 e. The molecule has 1 aliphatic heterocycles. The molecular weight excluding hydrogens is 252 g/mol. The number of nitrogens with zero attached hydrogens (tertiary/aromatic N) is 1. The predicted octanol–water partition coefficient (Wildman–Crippen LogP) is 2.17. The Kier molecular flexibility index (Phi) is 5.44. The summed E-state index contributed by atoms with van der Waals surface area (Å²) in [4.78, 5) is 15.0. The molecule has 1 atom stereocenters. The van der Waals surface area contributed by atoms with Crippen LogP contribution in [0.1, 0.15) is 51.9 Å². The van der Waals surface area contributed by atoms with Crippen LogP contribution in [0.25, 0.3) is 0 Å². The fraction of sp³-hybridized carbons (Fsp3) is 0.938. The number of rotatable bonds is 5. The Hall–Kier alpha value is -0.610. The molecule has 4 nitrogen and oxygen atoms in total. The van der Waals surface area contributed by atoms with Gasteiger partial charge in [-0.25, -0.2) is 0 Å². The number of carbonyl (C=O) groups excluding carboxylic acids is 1. The summed E-state index contributed by atoms with van der Waals surface area (Å²) in [5.41, 5.74) is 5.85. The topological polar surface area (TPSA) is 55.6 Å². The van der Waals surface area contributed by atoms with E-state index in [0.717, 1.165) is 45.2 Å². The standard InChI is InChI=1S/C16H30N2O2/c1-13(17)14-5-10-18(11-6-14)15(19)16(9-12-20-2)7-3-4-8-16/h13-14H,3-12,17H2,1-2H3. The Morgan fingerprint density at radius 1 is 1.35 bits per heavy atom. The number of ether oxygens (including phenoxy) is 1. The average molecular weight is 282 g/mol. The predicted molar refractivity (Wildman–Crippen MR) is 80.3 cm³/mol. The van der Waals surface area contributed by atoms with Crippen LogP contribution in [0.15, 0.2) is 0 Å². The molecule has 1 heterocycles. The molecule has 1 saturated heterocycles. The van der Waals surface area contributed by atoms with Gasteiger partial charge >= 0.3 is 0 Å². The van der Waals surface area contributed by atoms with E-state index in [1.807, 2.05) is 0 Å². The summed E-state index contributed by atoms with van der Waals surface area (Å²) < 4.78 is 5.23. The molecule has 1 amide bonds. The van der Waals surface area contributed by atoms with Crippen LogP contribution >= 0.6 is 0 Å². The van der Waals surface area contributed by atoms with Crippen molar-refractivity contribution in [1.82, 2.24) is 4.90 Å². The fourth-order valence-electron chi connectivity index (χ4n) is 3.88. The van der Waals surface area contributed by atoms with E-state index in [-0.39, 0.29) is 11.5 Å². The molecule has 0 aromatic rings. The highest BCUT2D eigenvalue weighted by Crippen LogP contribution is 2.43. The van der Waals surface area contributed by atoms with Gasteiger partial charge in [-0.05, 0) is 44.9 Å². The largest absolute Gasteiger partial charge is 0.385 e. The maximum absolute atomic E-state index is 12.9. The Bertz CT molecular complexity index is 316. The lowest BCUT2D eigenvalue weighted by Crippen LogP contribution is -2.48. The summed E-state index contributed by atoms with van der Waals surface area (Å²) in [5.74, 6) is 0.965. The lowest BCUT2D eigenvalue weighted by molar-refractivity contribution is -0.144. The monoisotopic (exact) mass is 282 g/mol. The Labute approximate surface area is 123 Å². The zero-order chi connectivity index (χ0) is 14.6.